The first-order valence-electron chi connectivity index (χ1n) is 5.41. The fraction of sp³-hybridized carbons (Fsp3) is 0.833. The molecule has 2 unspecified atom stereocenters. The molecule has 0 aromatic heterocycles. The molecule has 0 aromatic rings. The van der Waals surface area contributed by atoms with Crippen molar-refractivity contribution in [2.24, 2.45) is 5.92 Å². The van der Waals surface area contributed by atoms with Gasteiger partial charge in [-0.05, 0) is 45.2 Å². The molecular weight excluding hydrogens is 158 g/mol. The predicted molar refractivity (Wildman–Crippen MR) is 57.5 cm³/mol. The van der Waals surface area contributed by atoms with Crippen molar-refractivity contribution in [1.82, 2.24) is 4.90 Å². The number of likely N-dealkylation sites (tertiary alicyclic amines) is 1. The first-order valence-corrected chi connectivity index (χ1v) is 5.41. The smallest absolute Gasteiger partial charge is 0.00982 e. The normalized spacial score (nSPS) is 29.9. The minimum atomic E-state index is 0.765. The highest BCUT2D eigenvalue weighted by molar-refractivity contribution is 4.84. The monoisotopic (exact) mass is 179 g/mol. The van der Waals surface area contributed by atoms with Crippen LogP contribution in [0.5, 0.6) is 0 Å². The van der Waals surface area contributed by atoms with E-state index in [1.807, 2.05) is 0 Å². The Balaban J connectivity index is 2.22. The molecule has 1 fully saturated rings. The van der Waals surface area contributed by atoms with Gasteiger partial charge in [0.2, 0.25) is 0 Å². The van der Waals surface area contributed by atoms with Gasteiger partial charge in [-0.25, -0.2) is 0 Å². The second-order valence-corrected chi connectivity index (χ2v) is 4.32. The van der Waals surface area contributed by atoms with Crippen molar-refractivity contribution in [2.75, 3.05) is 13.1 Å². The maximum Gasteiger partial charge on any atom is 0.00982 e. The van der Waals surface area contributed by atoms with Crippen LogP contribution < -0.4 is 0 Å². The number of hydrogen-bond donors (Lipinski definition) is 0. The zero-order valence-corrected chi connectivity index (χ0v) is 8.92. The van der Waals surface area contributed by atoms with Crippen molar-refractivity contribution in [2.45, 2.75) is 45.6 Å². The van der Waals surface area contributed by atoms with Crippen LogP contribution in [0.2, 0.25) is 0 Å². The van der Waals surface area contributed by atoms with E-state index in [0.29, 0.717) is 0 Å². The summed E-state index contributed by atoms with van der Waals surface area (Å²) in [6.07, 6.45) is 10.0. The quantitative estimate of drug-likeness (QED) is 0.475. The number of rotatable bonds is 3. The Kier molecular flexibility index (Phi) is 4.32. The van der Waals surface area contributed by atoms with Crippen molar-refractivity contribution in [3.63, 3.8) is 0 Å². The van der Waals surface area contributed by atoms with E-state index in [9.17, 15) is 0 Å². The third-order valence-electron chi connectivity index (χ3n) is 3.04. The number of terminal acetylenes is 1. The molecule has 13 heavy (non-hydrogen) atoms. The average Bonchev–Trinajstić information content (AvgIpc) is 2.09. The van der Waals surface area contributed by atoms with Gasteiger partial charge in [0, 0.05) is 12.5 Å². The molecule has 2 atom stereocenters. The minimum absolute atomic E-state index is 0.765. The van der Waals surface area contributed by atoms with Gasteiger partial charge in [-0.3, -0.25) is 0 Å². The van der Waals surface area contributed by atoms with E-state index in [1.54, 1.807) is 0 Å². The summed E-state index contributed by atoms with van der Waals surface area (Å²) < 4.78 is 0. The van der Waals surface area contributed by atoms with Gasteiger partial charge in [0.05, 0.1) is 0 Å². The highest BCUT2D eigenvalue weighted by Gasteiger charge is 2.21. The molecule has 0 bridgehead atoms. The van der Waals surface area contributed by atoms with E-state index in [1.165, 1.54) is 25.9 Å². The predicted octanol–water partition coefficient (Wildman–Crippen LogP) is 2.52. The molecule has 1 aliphatic rings. The number of piperidine rings is 1. The van der Waals surface area contributed by atoms with Crippen LogP contribution in [0.1, 0.15) is 39.5 Å². The average molecular weight is 179 g/mol. The molecular formula is C12H21N. The van der Waals surface area contributed by atoms with E-state index >= 15 is 0 Å². The Morgan fingerprint density at radius 1 is 1.46 bits per heavy atom. The van der Waals surface area contributed by atoms with Crippen LogP contribution >= 0.6 is 0 Å². The summed E-state index contributed by atoms with van der Waals surface area (Å²) in [7, 11) is 0. The van der Waals surface area contributed by atoms with Crippen LogP contribution in [-0.2, 0) is 0 Å². The van der Waals surface area contributed by atoms with Gasteiger partial charge in [-0.2, -0.15) is 0 Å². The molecule has 1 heterocycles. The lowest BCUT2D eigenvalue weighted by atomic mass is 9.93. The Bertz CT molecular complexity index is 180. The standard InChI is InChI=1S/C12H21N/c1-4-5-6-8-13-9-7-11(2)10-12(13)3/h1,11-12H,5-10H2,2-3H3. The molecule has 74 valence electrons. The number of nitrogens with zero attached hydrogens (tertiary/aromatic N) is 1. The SMILES string of the molecule is C#CCCCN1CCC(C)CC1C. The van der Waals surface area contributed by atoms with Gasteiger partial charge in [-0.15, -0.1) is 12.3 Å². The Hall–Kier alpha value is -0.480. The summed E-state index contributed by atoms with van der Waals surface area (Å²) in [6, 6.07) is 0.765. The van der Waals surface area contributed by atoms with Gasteiger partial charge >= 0.3 is 0 Å². The van der Waals surface area contributed by atoms with Crippen LogP contribution in [0, 0.1) is 18.3 Å². The fourth-order valence-electron chi connectivity index (χ4n) is 2.17. The van der Waals surface area contributed by atoms with E-state index < -0.39 is 0 Å². The third kappa shape index (κ3) is 3.40. The summed E-state index contributed by atoms with van der Waals surface area (Å²) in [5.41, 5.74) is 0. The molecule has 0 saturated carbocycles. The Labute approximate surface area is 82.5 Å². The molecule has 0 spiro atoms. The minimum Gasteiger partial charge on any atom is -0.301 e. The maximum absolute atomic E-state index is 5.23. The molecule has 0 radical (unpaired) electrons. The highest BCUT2D eigenvalue weighted by Crippen LogP contribution is 2.21. The lowest BCUT2D eigenvalue weighted by Gasteiger charge is -2.36. The largest absolute Gasteiger partial charge is 0.301 e. The first-order chi connectivity index (χ1) is 6.24. The Morgan fingerprint density at radius 2 is 2.23 bits per heavy atom. The molecule has 0 aromatic carbocycles. The molecule has 0 N–H and O–H groups in total. The summed E-state index contributed by atoms with van der Waals surface area (Å²) in [4.78, 5) is 2.58. The summed E-state index contributed by atoms with van der Waals surface area (Å²) in [5.74, 6) is 3.62. The molecule has 0 amide bonds. The van der Waals surface area contributed by atoms with E-state index in [0.717, 1.165) is 24.8 Å². The fourth-order valence-corrected chi connectivity index (χ4v) is 2.17. The van der Waals surface area contributed by atoms with Gasteiger partial charge in [0.25, 0.3) is 0 Å². The van der Waals surface area contributed by atoms with Crippen LogP contribution in [0.15, 0.2) is 0 Å². The van der Waals surface area contributed by atoms with Gasteiger partial charge in [0.1, 0.15) is 0 Å². The molecule has 1 nitrogen and oxygen atoms in total. The van der Waals surface area contributed by atoms with E-state index in [4.69, 9.17) is 6.42 Å². The van der Waals surface area contributed by atoms with Crippen molar-refractivity contribution in [1.29, 1.82) is 0 Å². The molecule has 0 aliphatic carbocycles. The second kappa shape index (κ2) is 5.29. The van der Waals surface area contributed by atoms with Crippen LogP contribution in [0.3, 0.4) is 0 Å². The molecule has 1 rings (SSSR count). The second-order valence-electron chi connectivity index (χ2n) is 4.32. The molecule has 1 saturated heterocycles. The topological polar surface area (TPSA) is 3.24 Å². The Morgan fingerprint density at radius 3 is 2.85 bits per heavy atom. The van der Waals surface area contributed by atoms with Crippen molar-refractivity contribution < 1.29 is 0 Å². The van der Waals surface area contributed by atoms with Crippen LogP contribution in [-0.4, -0.2) is 24.0 Å². The lowest BCUT2D eigenvalue weighted by Crippen LogP contribution is -2.40. The molecule has 1 aliphatic heterocycles. The number of unbranched alkanes of at least 4 members (excludes halogenated alkanes) is 1. The van der Waals surface area contributed by atoms with Crippen LogP contribution in [0.4, 0.5) is 0 Å². The van der Waals surface area contributed by atoms with Crippen LogP contribution in [0.25, 0.3) is 0 Å². The first kappa shape index (κ1) is 10.6. The van der Waals surface area contributed by atoms with Crippen molar-refractivity contribution in [3.8, 4) is 12.3 Å². The van der Waals surface area contributed by atoms with Gasteiger partial charge < -0.3 is 4.90 Å². The molecule has 1 heteroatoms. The zero-order chi connectivity index (χ0) is 9.68. The summed E-state index contributed by atoms with van der Waals surface area (Å²) in [6.45, 7) is 7.16. The van der Waals surface area contributed by atoms with Gasteiger partial charge in [-0.1, -0.05) is 6.92 Å². The van der Waals surface area contributed by atoms with E-state index in [2.05, 4.69) is 24.7 Å². The third-order valence-corrected chi connectivity index (χ3v) is 3.04. The van der Waals surface area contributed by atoms with Crippen molar-refractivity contribution >= 4 is 0 Å². The summed E-state index contributed by atoms with van der Waals surface area (Å²) in [5, 5.41) is 0. The lowest BCUT2D eigenvalue weighted by molar-refractivity contribution is 0.129. The highest BCUT2D eigenvalue weighted by atomic mass is 15.2. The summed E-state index contributed by atoms with van der Waals surface area (Å²) >= 11 is 0. The van der Waals surface area contributed by atoms with Gasteiger partial charge in [0.15, 0.2) is 0 Å². The number of hydrogen-bond acceptors (Lipinski definition) is 1. The zero-order valence-electron chi connectivity index (χ0n) is 8.92. The maximum atomic E-state index is 5.23. The van der Waals surface area contributed by atoms with E-state index in [-0.39, 0.29) is 0 Å². The van der Waals surface area contributed by atoms with Crippen molar-refractivity contribution in [3.05, 3.63) is 0 Å².